The van der Waals surface area contributed by atoms with Gasteiger partial charge in [0.25, 0.3) is 0 Å². The number of halogens is 5. The molecule has 0 amide bonds. The SMILES string of the molecule is FC(F)(F)COc1cc(I)ccc1Br. The van der Waals surface area contributed by atoms with E-state index in [4.69, 9.17) is 0 Å². The minimum atomic E-state index is -4.30. The molecule has 0 aliphatic rings. The number of ether oxygens (including phenoxy) is 1. The quantitative estimate of drug-likeness (QED) is 0.705. The zero-order chi connectivity index (χ0) is 10.8. The van der Waals surface area contributed by atoms with Gasteiger partial charge in [0.15, 0.2) is 6.61 Å². The van der Waals surface area contributed by atoms with Crippen molar-refractivity contribution in [1.82, 2.24) is 0 Å². The lowest BCUT2D eigenvalue weighted by molar-refractivity contribution is -0.153. The monoisotopic (exact) mass is 380 g/mol. The van der Waals surface area contributed by atoms with Crippen molar-refractivity contribution in [3.8, 4) is 5.75 Å². The molecule has 0 saturated carbocycles. The molecule has 0 fully saturated rings. The summed E-state index contributed by atoms with van der Waals surface area (Å²) in [7, 11) is 0. The summed E-state index contributed by atoms with van der Waals surface area (Å²) in [6.07, 6.45) is -4.30. The molecule has 0 saturated heterocycles. The Bertz CT molecular complexity index is 327. The van der Waals surface area contributed by atoms with Crippen molar-refractivity contribution >= 4 is 38.5 Å². The van der Waals surface area contributed by atoms with Crippen LogP contribution in [0.2, 0.25) is 0 Å². The highest BCUT2D eigenvalue weighted by Gasteiger charge is 2.28. The van der Waals surface area contributed by atoms with Gasteiger partial charge < -0.3 is 4.74 Å². The zero-order valence-electron chi connectivity index (χ0n) is 6.74. The molecular weight excluding hydrogens is 376 g/mol. The predicted octanol–water partition coefficient (Wildman–Crippen LogP) is 3.99. The lowest BCUT2D eigenvalue weighted by Gasteiger charge is -2.10. The molecule has 6 heteroatoms. The van der Waals surface area contributed by atoms with Crippen LogP contribution in [0, 0.1) is 3.57 Å². The van der Waals surface area contributed by atoms with Crippen LogP contribution in [0.15, 0.2) is 22.7 Å². The Labute approximate surface area is 101 Å². The van der Waals surface area contributed by atoms with Crippen LogP contribution in [0.3, 0.4) is 0 Å². The molecule has 0 aliphatic carbocycles. The average Bonchev–Trinajstić information content (AvgIpc) is 2.05. The molecule has 0 unspecified atom stereocenters. The van der Waals surface area contributed by atoms with Gasteiger partial charge in [0.2, 0.25) is 0 Å². The molecule has 0 aliphatic heterocycles. The zero-order valence-corrected chi connectivity index (χ0v) is 10.5. The molecule has 0 radical (unpaired) electrons. The Kier molecular flexibility index (Phi) is 4.05. The van der Waals surface area contributed by atoms with Crippen LogP contribution in [0.4, 0.5) is 13.2 Å². The molecule has 1 aromatic carbocycles. The summed E-state index contributed by atoms with van der Waals surface area (Å²) in [6, 6.07) is 4.95. The van der Waals surface area contributed by atoms with Gasteiger partial charge in [-0.1, -0.05) is 0 Å². The molecule has 0 N–H and O–H groups in total. The van der Waals surface area contributed by atoms with Gasteiger partial charge in [0.1, 0.15) is 5.75 Å². The second-order valence-corrected chi connectivity index (χ2v) is 4.58. The van der Waals surface area contributed by atoms with Crippen molar-refractivity contribution in [2.75, 3.05) is 6.61 Å². The lowest BCUT2D eigenvalue weighted by Crippen LogP contribution is -2.19. The molecule has 1 aromatic rings. The van der Waals surface area contributed by atoms with Crippen LogP contribution in [-0.2, 0) is 0 Å². The molecule has 0 spiro atoms. The summed E-state index contributed by atoms with van der Waals surface area (Å²) in [5.41, 5.74) is 0. The fourth-order valence-corrected chi connectivity index (χ4v) is 1.57. The lowest BCUT2D eigenvalue weighted by atomic mass is 10.3. The summed E-state index contributed by atoms with van der Waals surface area (Å²) >= 11 is 5.10. The van der Waals surface area contributed by atoms with Crippen molar-refractivity contribution in [1.29, 1.82) is 0 Å². The summed E-state index contributed by atoms with van der Waals surface area (Å²) in [5.74, 6) is 0.203. The third-order valence-corrected chi connectivity index (χ3v) is 2.61. The minimum absolute atomic E-state index is 0.203. The van der Waals surface area contributed by atoms with E-state index in [9.17, 15) is 13.2 Å². The molecule has 1 nitrogen and oxygen atoms in total. The van der Waals surface area contributed by atoms with E-state index in [1.807, 2.05) is 22.6 Å². The molecule has 1 rings (SSSR count). The van der Waals surface area contributed by atoms with Crippen LogP contribution in [-0.4, -0.2) is 12.8 Å². The Hall–Kier alpha value is 0.0200. The highest BCUT2D eigenvalue weighted by atomic mass is 127. The summed E-state index contributed by atoms with van der Waals surface area (Å²) in [6.45, 7) is -1.27. The topological polar surface area (TPSA) is 9.23 Å². The van der Waals surface area contributed by atoms with Crippen LogP contribution < -0.4 is 4.74 Å². The van der Waals surface area contributed by atoms with Gasteiger partial charge in [-0.2, -0.15) is 13.2 Å². The first-order valence-electron chi connectivity index (χ1n) is 3.53. The van der Waals surface area contributed by atoms with Crippen LogP contribution in [0.1, 0.15) is 0 Å². The van der Waals surface area contributed by atoms with Gasteiger partial charge in [-0.05, 0) is 56.7 Å². The standard InChI is InChI=1S/C8H5BrF3IO/c9-6-2-1-5(13)3-7(6)14-4-8(10,11)12/h1-3H,4H2. The van der Waals surface area contributed by atoms with Crippen molar-refractivity contribution in [2.24, 2.45) is 0 Å². The highest BCUT2D eigenvalue weighted by molar-refractivity contribution is 14.1. The molecular formula is C8H5BrF3IO. The largest absolute Gasteiger partial charge is 0.483 e. The average molecular weight is 381 g/mol. The van der Waals surface area contributed by atoms with Crippen molar-refractivity contribution in [2.45, 2.75) is 6.18 Å². The van der Waals surface area contributed by atoms with Crippen LogP contribution >= 0.6 is 38.5 Å². The third-order valence-electron chi connectivity index (χ3n) is 1.28. The maximum atomic E-state index is 11.8. The Morgan fingerprint density at radius 2 is 2.00 bits per heavy atom. The first-order chi connectivity index (χ1) is 6.38. The van der Waals surface area contributed by atoms with E-state index in [-0.39, 0.29) is 5.75 Å². The van der Waals surface area contributed by atoms with Crippen molar-refractivity contribution < 1.29 is 17.9 Å². The number of alkyl halides is 3. The summed E-state index contributed by atoms with van der Waals surface area (Å²) in [5, 5.41) is 0. The Morgan fingerprint density at radius 3 is 2.57 bits per heavy atom. The smallest absolute Gasteiger partial charge is 0.422 e. The summed E-state index contributed by atoms with van der Waals surface area (Å²) in [4.78, 5) is 0. The fraction of sp³-hybridized carbons (Fsp3) is 0.250. The van der Waals surface area contributed by atoms with Crippen LogP contribution in [0.25, 0.3) is 0 Å². The number of rotatable bonds is 2. The van der Waals surface area contributed by atoms with E-state index in [0.29, 0.717) is 4.47 Å². The van der Waals surface area contributed by atoms with E-state index in [1.54, 1.807) is 12.1 Å². The van der Waals surface area contributed by atoms with E-state index < -0.39 is 12.8 Å². The van der Waals surface area contributed by atoms with Crippen molar-refractivity contribution in [3.63, 3.8) is 0 Å². The van der Waals surface area contributed by atoms with Gasteiger partial charge in [0, 0.05) is 3.57 Å². The van der Waals surface area contributed by atoms with Gasteiger partial charge in [-0.15, -0.1) is 0 Å². The normalized spacial score (nSPS) is 11.5. The molecule has 0 bridgehead atoms. The molecule has 78 valence electrons. The maximum Gasteiger partial charge on any atom is 0.422 e. The van der Waals surface area contributed by atoms with E-state index >= 15 is 0 Å². The number of benzene rings is 1. The van der Waals surface area contributed by atoms with Crippen LogP contribution in [0.5, 0.6) is 5.75 Å². The number of hydrogen-bond donors (Lipinski definition) is 0. The first-order valence-corrected chi connectivity index (χ1v) is 5.40. The second-order valence-electron chi connectivity index (χ2n) is 2.48. The fourth-order valence-electron chi connectivity index (χ4n) is 0.747. The predicted molar refractivity (Wildman–Crippen MR) is 58.4 cm³/mol. The Morgan fingerprint density at radius 1 is 1.36 bits per heavy atom. The van der Waals surface area contributed by atoms with Gasteiger partial charge in [0.05, 0.1) is 4.47 Å². The van der Waals surface area contributed by atoms with Gasteiger partial charge in [-0.3, -0.25) is 0 Å². The third kappa shape index (κ3) is 4.04. The molecule has 0 heterocycles. The maximum absolute atomic E-state index is 11.8. The molecule has 0 aromatic heterocycles. The molecule has 0 atom stereocenters. The molecule has 14 heavy (non-hydrogen) atoms. The van der Waals surface area contributed by atoms with Gasteiger partial charge >= 0.3 is 6.18 Å². The van der Waals surface area contributed by atoms with E-state index in [2.05, 4.69) is 20.7 Å². The summed E-state index contributed by atoms with van der Waals surface area (Å²) < 4.78 is 41.4. The van der Waals surface area contributed by atoms with E-state index in [1.165, 1.54) is 6.07 Å². The highest BCUT2D eigenvalue weighted by Crippen LogP contribution is 2.28. The van der Waals surface area contributed by atoms with Gasteiger partial charge in [-0.25, -0.2) is 0 Å². The second kappa shape index (κ2) is 4.69. The number of hydrogen-bond acceptors (Lipinski definition) is 1. The minimum Gasteiger partial charge on any atom is -0.483 e. The van der Waals surface area contributed by atoms with Crippen molar-refractivity contribution in [3.05, 3.63) is 26.2 Å². The van der Waals surface area contributed by atoms with E-state index in [0.717, 1.165) is 3.57 Å². The Balaban J connectivity index is 2.72. The first kappa shape index (κ1) is 12.1.